The number of aliphatic hydroxyl groups excluding tert-OH is 1. The maximum atomic E-state index is 12.9. The molecule has 2 aliphatic carbocycles. The maximum absolute atomic E-state index is 12.9. The van der Waals surface area contributed by atoms with Crippen molar-refractivity contribution in [2.24, 2.45) is 29.1 Å². The summed E-state index contributed by atoms with van der Waals surface area (Å²) in [6.45, 7) is 9.35. The number of carbonyl (C=O) groups is 2. The molecule has 0 aromatic heterocycles. The third kappa shape index (κ3) is 5.22. The summed E-state index contributed by atoms with van der Waals surface area (Å²) in [7, 11) is 0. The number of hydrogen-bond donors (Lipinski definition) is 4. The van der Waals surface area contributed by atoms with Gasteiger partial charge in [0.25, 0.3) is 0 Å². The smallest absolute Gasteiger partial charge is 0.315 e. The Morgan fingerprint density at radius 2 is 1.84 bits per heavy atom. The van der Waals surface area contributed by atoms with Crippen LogP contribution in [0.4, 0.5) is 4.79 Å². The van der Waals surface area contributed by atoms with Crippen LogP contribution in [0, 0.1) is 29.1 Å². The zero-order chi connectivity index (χ0) is 22.6. The Morgan fingerprint density at radius 3 is 2.52 bits per heavy atom. The molecule has 0 radical (unpaired) electrons. The number of fused-ring (bicyclic) bond motifs is 1. The second-order valence-corrected chi connectivity index (χ2v) is 9.87. The Balaban J connectivity index is 1.66. The van der Waals surface area contributed by atoms with Crippen LogP contribution in [-0.4, -0.2) is 35.7 Å². The topological polar surface area (TPSA) is 90.5 Å². The number of rotatable bonds is 6. The van der Waals surface area contributed by atoms with Crippen LogP contribution in [0.3, 0.4) is 0 Å². The molecular formula is C25H39N3O3. The number of nitrogens with one attached hydrogen (secondary N) is 3. The zero-order valence-corrected chi connectivity index (χ0v) is 19.4. The van der Waals surface area contributed by atoms with Crippen LogP contribution in [0.5, 0.6) is 0 Å². The van der Waals surface area contributed by atoms with Crippen molar-refractivity contribution >= 4 is 11.9 Å². The molecule has 2 saturated carbocycles. The lowest BCUT2D eigenvalue weighted by Gasteiger charge is -2.56. The molecule has 31 heavy (non-hydrogen) atoms. The van der Waals surface area contributed by atoms with Gasteiger partial charge in [-0.25, -0.2) is 4.79 Å². The Kier molecular flexibility index (Phi) is 7.63. The fourth-order valence-electron chi connectivity index (χ4n) is 6.02. The van der Waals surface area contributed by atoms with Crippen LogP contribution in [0.15, 0.2) is 30.3 Å². The molecule has 0 spiro atoms. The van der Waals surface area contributed by atoms with Crippen LogP contribution < -0.4 is 16.0 Å². The summed E-state index contributed by atoms with van der Waals surface area (Å²) in [5.41, 5.74) is 1.12. The number of urea groups is 1. The molecule has 172 valence electrons. The molecule has 2 aliphatic rings. The van der Waals surface area contributed by atoms with Gasteiger partial charge in [0.15, 0.2) is 0 Å². The maximum Gasteiger partial charge on any atom is 0.315 e. The van der Waals surface area contributed by atoms with E-state index in [1.54, 1.807) is 0 Å². The highest BCUT2D eigenvalue weighted by molar-refractivity contribution is 5.78. The van der Waals surface area contributed by atoms with Gasteiger partial charge in [0, 0.05) is 25.0 Å². The molecule has 1 aromatic rings. The molecule has 0 heterocycles. The summed E-state index contributed by atoms with van der Waals surface area (Å²) in [5.74, 6) is -0.112. The Morgan fingerprint density at radius 1 is 1.16 bits per heavy atom. The van der Waals surface area contributed by atoms with E-state index < -0.39 is 6.10 Å². The lowest BCUT2D eigenvalue weighted by molar-refractivity contribution is -0.142. The van der Waals surface area contributed by atoms with Crippen molar-refractivity contribution in [2.75, 3.05) is 6.54 Å². The molecule has 6 heteroatoms. The fraction of sp³-hybridized carbons (Fsp3) is 0.680. The largest absolute Gasteiger partial charge is 0.392 e. The van der Waals surface area contributed by atoms with Gasteiger partial charge in [-0.3, -0.25) is 4.79 Å². The first kappa shape index (κ1) is 23.6. The standard InChI is InChI=1S/C25H39N3O3/c1-5-26-24(31)28-20-12-14-25(4)13-11-19(22(29)21(25)17(20)3)16(2)23(30)27-15-18-9-7-6-8-10-18/h6-10,16-17,19-22,29H,5,11-15H2,1-4H3,(H,27,30)(H2,26,28,31)/t16-,17+,19?,20-,21+,22-,25-/m0/s1. The molecule has 0 saturated heterocycles. The SMILES string of the molecule is CCNC(=O)N[C@H]1CC[C@]2(C)CCC([C@H](C)C(=O)NCc3ccccc3)[C@H](O)[C@H]2[C@@H]1C. The molecule has 4 N–H and O–H groups in total. The van der Waals surface area contributed by atoms with Crippen molar-refractivity contribution in [2.45, 2.75) is 72.1 Å². The van der Waals surface area contributed by atoms with Gasteiger partial charge in [0.05, 0.1) is 6.10 Å². The van der Waals surface area contributed by atoms with E-state index >= 15 is 0 Å². The molecule has 2 fully saturated rings. The summed E-state index contributed by atoms with van der Waals surface area (Å²) in [5, 5.41) is 20.4. The normalized spacial score (nSPS) is 33.6. The molecule has 3 rings (SSSR count). The quantitative estimate of drug-likeness (QED) is 0.558. The third-order valence-corrected chi connectivity index (χ3v) is 7.91. The van der Waals surface area contributed by atoms with Crippen molar-refractivity contribution in [3.05, 3.63) is 35.9 Å². The van der Waals surface area contributed by atoms with Gasteiger partial charge < -0.3 is 21.1 Å². The molecule has 1 unspecified atom stereocenters. The van der Waals surface area contributed by atoms with Crippen LogP contribution in [0.2, 0.25) is 0 Å². The molecular weight excluding hydrogens is 390 g/mol. The van der Waals surface area contributed by atoms with Gasteiger partial charge >= 0.3 is 6.03 Å². The lowest BCUT2D eigenvalue weighted by Crippen LogP contribution is -2.59. The van der Waals surface area contributed by atoms with Gasteiger partial charge in [-0.2, -0.15) is 0 Å². The van der Waals surface area contributed by atoms with Crippen molar-refractivity contribution in [3.63, 3.8) is 0 Å². The van der Waals surface area contributed by atoms with E-state index in [-0.39, 0.29) is 47.1 Å². The number of hydrogen-bond acceptors (Lipinski definition) is 3. The van der Waals surface area contributed by atoms with Crippen molar-refractivity contribution < 1.29 is 14.7 Å². The predicted molar refractivity (Wildman–Crippen MR) is 122 cm³/mol. The Bertz CT molecular complexity index is 756. The summed E-state index contributed by atoms with van der Waals surface area (Å²) in [6, 6.07) is 9.79. The van der Waals surface area contributed by atoms with Gasteiger partial charge in [-0.15, -0.1) is 0 Å². The van der Waals surface area contributed by atoms with Crippen LogP contribution in [0.1, 0.15) is 58.9 Å². The summed E-state index contributed by atoms with van der Waals surface area (Å²) < 4.78 is 0. The first-order valence-corrected chi connectivity index (χ1v) is 11.8. The summed E-state index contributed by atoms with van der Waals surface area (Å²) in [6.07, 6.45) is 3.22. The highest BCUT2D eigenvalue weighted by Crippen LogP contribution is 2.55. The highest BCUT2D eigenvalue weighted by Gasteiger charge is 2.53. The minimum absolute atomic E-state index is 0.00281. The molecule has 7 atom stereocenters. The van der Waals surface area contributed by atoms with E-state index in [9.17, 15) is 14.7 Å². The minimum atomic E-state index is -0.551. The van der Waals surface area contributed by atoms with Crippen molar-refractivity contribution in [1.82, 2.24) is 16.0 Å². The van der Waals surface area contributed by atoms with Crippen LogP contribution in [-0.2, 0) is 11.3 Å². The van der Waals surface area contributed by atoms with E-state index in [1.807, 2.05) is 44.2 Å². The third-order valence-electron chi connectivity index (χ3n) is 7.91. The van der Waals surface area contributed by atoms with Crippen molar-refractivity contribution in [1.29, 1.82) is 0 Å². The van der Waals surface area contributed by atoms with Gasteiger partial charge in [0.2, 0.25) is 5.91 Å². The Hall–Kier alpha value is -2.08. The fourth-order valence-corrected chi connectivity index (χ4v) is 6.02. The molecule has 6 nitrogen and oxygen atoms in total. The summed E-state index contributed by atoms with van der Waals surface area (Å²) >= 11 is 0. The van der Waals surface area contributed by atoms with E-state index in [0.29, 0.717) is 13.1 Å². The predicted octanol–water partition coefficient (Wildman–Crippen LogP) is 3.45. The molecule has 0 bridgehead atoms. The van der Waals surface area contributed by atoms with Crippen LogP contribution in [0.25, 0.3) is 0 Å². The molecule has 3 amide bonds. The van der Waals surface area contributed by atoms with Gasteiger partial charge in [0.1, 0.15) is 0 Å². The minimum Gasteiger partial charge on any atom is -0.392 e. The first-order valence-electron chi connectivity index (χ1n) is 11.8. The van der Waals surface area contributed by atoms with E-state index in [1.165, 1.54) is 0 Å². The number of carbonyl (C=O) groups excluding carboxylic acids is 2. The molecule has 0 aliphatic heterocycles. The second-order valence-electron chi connectivity index (χ2n) is 9.87. The summed E-state index contributed by atoms with van der Waals surface area (Å²) in [4.78, 5) is 25.0. The lowest BCUT2D eigenvalue weighted by atomic mass is 9.52. The van der Waals surface area contributed by atoms with E-state index in [0.717, 1.165) is 31.2 Å². The van der Waals surface area contributed by atoms with E-state index in [4.69, 9.17) is 0 Å². The Labute approximate surface area is 186 Å². The first-order chi connectivity index (χ1) is 14.8. The molecule has 1 aromatic carbocycles. The monoisotopic (exact) mass is 429 g/mol. The second kappa shape index (κ2) is 10.0. The van der Waals surface area contributed by atoms with Gasteiger partial charge in [-0.05, 0) is 61.3 Å². The van der Waals surface area contributed by atoms with Crippen LogP contribution >= 0.6 is 0 Å². The number of amides is 3. The number of aliphatic hydroxyl groups is 1. The average Bonchev–Trinajstić information content (AvgIpc) is 2.75. The van der Waals surface area contributed by atoms with Gasteiger partial charge in [-0.1, -0.05) is 51.1 Å². The van der Waals surface area contributed by atoms with Crippen molar-refractivity contribution in [3.8, 4) is 0 Å². The highest BCUT2D eigenvalue weighted by atomic mass is 16.3. The average molecular weight is 430 g/mol. The number of benzene rings is 1. The van der Waals surface area contributed by atoms with E-state index in [2.05, 4.69) is 29.8 Å². The zero-order valence-electron chi connectivity index (χ0n) is 19.4.